The van der Waals surface area contributed by atoms with Crippen LogP contribution in [0.4, 0.5) is 5.69 Å². The van der Waals surface area contributed by atoms with E-state index in [0.717, 1.165) is 11.8 Å². The van der Waals surface area contributed by atoms with E-state index in [4.69, 9.17) is 9.15 Å². The standard InChI is InChI=1S/C23H23N3O6S2/c1-23(2)12-18(27)20(19(28)13-23)33-22-25-24-21(32-22)14-4-6-15(7-5-14)26-34(29,30)17-10-8-16(31-3)9-11-17/h4-11,20,26H,12-13H2,1-3H3. The lowest BCUT2D eigenvalue weighted by Gasteiger charge is -2.30. The summed E-state index contributed by atoms with van der Waals surface area (Å²) in [7, 11) is -2.27. The van der Waals surface area contributed by atoms with Gasteiger partial charge in [0.15, 0.2) is 11.6 Å². The van der Waals surface area contributed by atoms with Crippen molar-refractivity contribution in [1.82, 2.24) is 10.2 Å². The number of sulfonamides is 1. The summed E-state index contributed by atoms with van der Waals surface area (Å²) in [5, 5.41) is 7.23. The van der Waals surface area contributed by atoms with Gasteiger partial charge < -0.3 is 9.15 Å². The molecule has 0 atom stereocenters. The second kappa shape index (κ2) is 9.22. The maximum Gasteiger partial charge on any atom is 0.278 e. The first-order valence-electron chi connectivity index (χ1n) is 10.4. The van der Waals surface area contributed by atoms with Crippen molar-refractivity contribution < 1.29 is 27.2 Å². The number of nitrogens with one attached hydrogen (secondary N) is 1. The molecule has 1 fully saturated rings. The van der Waals surface area contributed by atoms with E-state index in [1.807, 2.05) is 13.8 Å². The number of methoxy groups -OCH3 is 1. The molecule has 1 saturated carbocycles. The third-order valence-electron chi connectivity index (χ3n) is 5.27. The van der Waals surface area contributed by atoms with Crippen LogP contribution in [0, 0.1) is 5.41 Å². The lowest BCUT2D eigenvalue weighted by molar-refractivity contribution is -0.132. The zero-order chi connectivity index (χ0) is 24.5. The summed E-state index contributed by atoms with van der Waals surface area (Å²) >= 11 is 0.968. The van der Waals surface area contributed by atoms with Crippen LogP contribution in [0.25, 0.3) is 11.5 Å². The molecule has 1 heterocycles. The predicted octanol–water partition coefficient (Wildman–Crippen LogP) is 3.96. The minimum absolute atomic E-state index is 0.103. The van der Waals surface area contributed by atoms with Crippen LogP contribution in [0.5, 0.6) is 5.75 Å². The van der Waals surface area contributed by atoms with Crippen molar-refractivity contribution in [2.24, 2.45) is 5.41 Å². The number of anilines is 1. The fourth-order valence-electron chi connectivity index (χ4n) is 3.63. The predicted molar refractivity (Wildman–Crippen MR) is 126 cm³/mol. The van der Waals surface area contributed by atoms with Crippen molar-refractivity contribution in [3.63, 3.8) is 0 Å². The molecule has 11 heteroatoms. The van der Waals surface area contributed by atoms with E-state index in [1.165, 1.54) is 19.2 Å². The molecule has 0 saturated heterocycles. The van der Waals surface area contributed by atoms with Gasteiger partial charge in [-0.3, -0.25) is 14.3 Å². The van der Waals surface area contributed by atoms with Crippen LogP contribution in [0.2, 0.25) is 0 Å². The van der Waals surface area contributed by atoms with Crippen molar-refractivity contribution in [3.05, 3.63) is 48.5 Å². The SMILES string of the molecule is COc1ccc(S(=O)(=O)Nc2ccc(-c3nnc(SC4C(=O)CC(C)(C)CC4=O)o3)cc2)cc1. The highest BCUT2D eigenvalue weighted by Crippen LogP contribution is 2.38. The molecule has 3 aromatic rings. The highest BCUT2D eigenvalue weighted by atomic mass is 32.2. The van der Waals surface area contributed by atoms with Crippen molar-refractivity contribution in [1.29, 1.82) is 0 Å². The number of carbonyl (C=O) groups excluding carboxylic acids is 2. The molecule has 0 bridgehead atoms. The Morgan fingerprint density at radius 1 is 1.00 bits per heavy atom. The van der Waals surface area contributed by atoms with Gasteiger partial charge in [0.05, 0.1) is 12.0 Å². The minimum Gasteiger partial charge on any atom is -0.497 e. The van der Waals surface area contributed by atoms with Gasteiger partial charge in [-0.25, -0.2) is 8.42 Å². The zero-order valence-corrected chi connectivity index (χ0v) is 20.4. The molecule has 1 aromatic heterocycles. The molecule has 1 aliphatic carbocycles. The fourth-order valence-corrected chi connectivity index (χ4v) is 5.53. The van der Waals surface area contributed by atoms with Crippen LogP contribution < -0.4 is 9.46 Å². The first kappa shape index (κ1) is 24.0. The Morgan fingerprint density at radius 2 is 1.62 bits per heavy atom. The van der Waals surface area contributed by atoms with E-state index in [0.29, 0.717) is 29.8 Å². The molecule has 1 N–H and O–H groups in total. The van der Waals surface area contributed by atoms with Crippen molar-refractivity contribution in [2.75, 3.05) is 11.8 Å². The summed E-state index contributed by atoms with van der Waals surface area (Å²) in [5.41, 5.74) is 0.589. The van der Waals surface area contributed by atoms with Crippen LogP contribution in [-0.2, 0) is 19.6 Å². The highest BCUT2D eigenvalue weighted by molar-refractivity contribution is 8.01. The maximum atomic E-state index is 12.6. The summed E-state index contributed by atoms with van der Waals surface area (Å²) in [6.07, 6.45) is 0.649. The molecular formula is C23H23N3O6S2. The normalized spacial score (nSPS) is 16.4. The van der Waals surface area contributed by atoms with E-state index in [1.54, 1.807) is 36.4 Å². The van der Waals surface area contributed by atoms with Crippen molar-refractivity contribution >= 4 is 39.0 Å². The molecule has 0 radical (unpaired) electrons. The smallest absolute Gasteiger partial charge is 0.278 e. The fraction of sp³-hybridized carbons (Fsp3) is 0.304. The van der Waals surface area contributed by atoms with E-state index < -0.39 is 15.3 Å². The van der Waals surface area contributed by atoms with Gasteiger partial charge in [-0.05, 0) is 65.7 Å². The van der Waals surface area contributed by atoms with E-state index in [-0.39, 0.29) is 33.0 Å². The average Bonchev–Trinajstić information content (AvgIpc) is 3.25. The zero-order valence-electron chi connectivity index (χ0n) is 18.8. The number of thioether (sulfide) groups is 1. The Bertz CT molecular complexity index is 1300. The molecule has 2 aromatic carbocycles. The van der Waals surface area contributed by atoms with Crippen LogP contribution in [0.3, 0.4) is 0 Å². The summed E-state index contributed by atoms with van der Waals surface area (Å²) in [6, 6.07) is 12.5. The van der Waals surface area contributed by atoms with Crippen LogP contribution in [0.15, 0.2) is 63.1 Å². The molecule has 178 valence electrons. The summed E-state index contributed by atoms with van der Waals surface area (Å²) in [6.45, 7) is 3.80. The minimum atomic E-state index is -3.77. The number of rotatable bonds is 7. The number of benzene rings is 2. The second-order valence-corrected chi connectivity index (χ2v) is 11.4. The Labute approximate surface area is 201 Å². The number of hydrogen-bond donors (Lipinski definition) is 1. The molecule has 1 aliphatic rings. The number of Topliss-reactive ketones (excluding diaryl/α,β-unsaturated/α-hetero) is 2. The lowest BCUT2D eigenvalue weighted by Crippen LogP contribution is -2.39. The Kier molecular flexibility index (Phi) is 6.50. The molecule has 4 rings (SSSR count). The largest absolute Gasteiger partial charge is 0.497 e. The first-order chi connectivity index (χ1) is 16.1. The van der Waals surface area contributed by atoms with Gasteiger partial charge in [-0.1, -0.05) is 13.8 Å². The molecule has 0 unspecified atom stereocenters. The third kappa shape index (κ3) is 5.31. The van der Waals surface area contributed by atoms with Crippen LogP contribution >= 0.6 is 11.8 Å². The monoisotopic (exact) mass is 501 g/mol. The number of carbonyl (C=O) groups is 2. The lowest BCUT2D eigenvalue weighted by atomic mass is 9.76. The Morgan fingerprint density at radius 3 is 2.21 bits per heavy atom. The first-order valence-corrected chi connectivity index (χ1v) is 12.8. The Balaban J connectivity index is 1.43. The third-order valence-corrected chi connectivity index (χ3v) is 7.79. The van der Waals surface area contributed by atoms with E-state index in [9.17, 15) is 18.0 Å². The van der Waals surface area contributed by atoms with Gasteiger partial charge in [0, 0.05) is 24.1 Å². The summed E-state index contributed by atoms with van der Waals surface area (Å²) in [4.78, 5) is 24.9. The molecule has 0 aliphatic heterocycles. The van der Waals surface area contributed by atoms with Gasteiger partial charge >= 0.3 is 0 Å². The van der Waals surface area contributed by atoms with Gasteiger partial charge in [0.1, 0.15) is 11.0 Å². The molecule has 34 heavy (non-hydrogen) atoms. The summed E-state index contributed by atoms with van der Waals surface area (Å²) in [5.74, 6) is 0.476. The topological polar surface area (TPSA) is 128 Å². The van der Waals surface area contributed by atoms with E-state index in [2.05, 4.69) is 14.9 Å². The number of aromatic nitrogens is 2. The molecule has 0 spiro atoms. The molecule has 0 amide bonds. The average molecular weight is 502 g/mol. The maximum absolute atomic E-state index is 12.6. The molecular weight excluding hydrogens is 478 g/mol. The van der Waals surface area contributed by atoms with E-state index >= 15 is 0 Å². The van der Waals surface area contributed by atoms with Crippen LogP contribution in [0.1, 0.15) is 26.7 Å². The molecule has 9 nitrogen and oxygen atoms in total. The van der Waals surface area contributed by atoms with Crippen LogP contribution in [-0.4, -0.2) is 42.5 Å². The number of ketones is 2. The summed E-state index contributed by atoms with van der Waals surface area (Å²) < 4.78 is 38.4. The number of hydrogen-bond acceptors (Lipinski definition) is 9. The van der Waals surface area contributed by atoms with Gasteiger partial charge in [0.25, 0.3) is 15.2 Å². The number of ether oxygens (including phenoxy) is 1. The number of nitrogens with zero attached hydrogens (tertiary/aromatic N) is 2. The van der Waals surface area contributed by atoms with Gasteiger partial charge in [0.2, 0.25) is 5.89 Å². The van der Waals surface area contributed by atoms with Gasteiger partial charge in [-0.2, -0.15) is 0 Å². The van der Waals surface area contributed by atoms with Gasteiger partial charge in [-0.15, -0.1) is 10.2 Å². The Hall–Kier alpha value is -3.18. The second-order valence-electron chi connectivity index (χ2n) is 8.68. The quantitative estimate of drug-likeness (QED) is 0.478. The van der Waals surface area contributed by atoms with Crippen molar-refractivity contribution in [3.8, 4) is 17.2 Å². The highest BCUT2D eigenvalue weighted by Gasteiger charge is 2.41. The van der Waals surface area contributed by atoms with Crippen molar-refractivity contribution in [2.45, 2.75) is 42.1 Å².